The number of nitrogens with zero attached hydrogens (tertiary/aromatic N) is 3. The molecule has 76 valence electrons. The molecule has 5 heteroatoms. The molecule has 2 aromatic rings. The van der Waals surface area contributed by atoms with E-state index in [1.54, 1.807) is 10.9 Å². The number of hydrogen-bond acceptors (Lipinski definition) is 3. The summed E-state index contributed by atoms with van der Waals surface area (Å²) in [6.07, 6.45) is 2.28. The fourth-order valence-electron chi connectivity index (χ4n) is 1.29. The van der Waals surface area contributed by atoms with Crippen LogP contribution >= 0.6 is 15.9 Å². The Bertz CT molecular complexity index is 507. The van der Waals surface area contributed by atoms with E-state index in [9.17, 15) is 4.79 Å². The van der Waals surface area contributed by atoms with Crippen LogP contribution in [0.5, 0.6) is 0 Å². The number of benzene rings is 1. The van der Waals surface area contributed by atoms with Gasteiger partial charge in [-0.1, -0.05) is 27.2 Å². The van der Waals surface area contributed by atoms with Gasteiger partial charge in [-0.2, -0.15) is 0 Å². The molecule has 0 spiro atoms. The topological polar surface area (TPSA) is 47.8 Å². The van der Waals surface area contributed by atoms with Crippen molar-refractivity contribution in [2.75, 3.05) is 0 Å². The molecule has 0 atom stereocenters. The zero-order valence-corrected chi connectivity index (χ0v) is 9.60. The third-order valence-electron chi connectivity index (χ3n) is 2.12. The molecule has 1 aromatic heterocycles. The van der Waals surface area contributed by atoms with Crippen LogP contribution in [-0.4, -0.2) is 21.3 Å². The highest BCUT2D eigenvalue weighted by Crippen LogP contribution is 2.21. The molecule has 1 aromatic carbocycles. The summed E-state index contributed by atoms with van der Waals surface area (Å²) >= 11 is 3.44. The molecule has 0 N–H and O–H groups in total. The van der Waals surface area contributed by atoms with Gasteiger partial charge in [0.1, 0.15) is 5.69 Å². The Hall–Kier alpha value is -1.49. The van der Waals surface area contributed by atoms with Gasteiger partial charge < -0.3 is 0 Å². The van der Waals surface area contributed by atoms with Gasteiger partial charge >= 0.3 is 0 Å². The van der Waals surface area contributed by atoms with Crippen LogP contribution in [0.25, 0.3) is 5.69 Å². The first kappa shape index (κ1) is 10.0. The van der Waals surface area contributed by atoms with E-state index in [0.29, 0.717) is 12.0 Å². The second-order valence-corrected chi connectivity index (χ2v) is 3.94. The minimum Gasteiger partial charge on any atom is -0.296 e. The summed E-state index contributed by atoms with van der Waals surface area (Å²) in [6.45, 7) is 1.97. The standard InChI is InChI=1S/C10H8BrN3O/c1-7-9(11)3-2-4-10(7)14-5-8(6-15)12-13-14/h2-6H,1H3. The van der Waals surface area contributed by atoms with Crippen LogP contribution in [0.1, 0.15) is 16.1 Å². The molecule has 0 aliphatic heterocycles. The summed E-state index contributed by atoms with van der Waals surface area (Å²) in [5.74, 6) is 0. The fraction of sp³-hybridized carbons (Fsp3) is 0.100. The van der Waals surface area contributed by atoms with E-state index in [2.05, 4.69) is 26.2 Å². The van der Waals surface area contributed by atoms with Crippen LogP contribution in [0.4, 0.5) is 0 Å². The molecule has 4 nitrogen and oxygen atoms in total. The van der Waals surface area contributed by atoms with Gasteiger partial charge in [-0.15, -0.1) is 5.10 Å². The van der Waals surface area contributed by atoms with Gasteiger partial charge in [-0.25, -0.2) is 4.68 Å². The molecule has 0 unspecified atom stereocenters. The Kier molecular flexibility index (Phi) is 2.64. The third-order valence-corrected chi connectivity index (χ3v) is 2.98. The van der Waals surface area contributed by atoms with E-state index >= 15 is 0 Å². The molecule has 0 radical (unpaired) electrons. The van der Waals surface area contributed by atoms with Gasteiger partial charge in [0.2, 0.25) is 0 Å². The van der Waals surface area contributed by atoms with Crippen LogP contribution < -0.4 is 0 Å². The molecule has 0 fully saturated rings. The molecular weight excluding hydrogens is 258 g/mol. The summed E-state index contributed by atoms with van der Waals surface area (Å²) in [5.41, 5.74) is 2.29. The first-order valence-corrected chi connectivity index (χ1v) is 5.14. The Labute approximate surface area is 95.0 Å². The summed E-state index contributed by atoms with van der Waals surface area (Å²) in [6, 6.07) is 5.79. The van der Waals surface area contributed by atoms with Gasteiger partial charge in [0.15, 0.2) is 6.29 Å². The lowest BCUT2D eigenvalue weighted by Crippen LogP contribution is -1.98. The maximum absolute atomic E-state index is 10.5. The van der Waals surface area contributed by atoms with Crippen LogP contribution in [-0.2, 0) is 0 Å². The predicted molar refractivity (Wildman–Crippen MR) is 59.2 cm³/mol. The van der Waals surface area contributed by atoms with E-state index in [1.807, 2.05) is 25.1 Å². The largest absolute Gasteiger partial charge is 0.296 e. The lowest BCUT2D eigenvalue weighted by molar-refractivity contribution is 0.111. The highest BCUT2D eigenvalue weighted by Gasteiger charge is 2.06. The molecule has 0 aliphatic carbocycles. The minimum absolute atomic E-state index is 0.328. The minimum atomic E-state index is 0.328. The highest BCUT2D eigenvalue weighted by atomic mass is 79.9. The Morgan fingerprint density at radius 1 is 1.47 bits per heavy atom. The van der Waals surface area contributed by atoms with Crippen molar-refractivity contribution < 1.29 is 4.79 Å². The Morgan fingerprint density at radius 2 is 2.27 bits per heavy atom. The van der Waals surface area contributed by atoms with Crippen LogP contribution in [0.15, 0.2) is 28.9 Å². The average Bonchev–Trinajstić information content (AvgIpc) is 2.70. The average molecular weight is 266 g/mol. The summed E-state index contributed by atoms with van der Waals surface area (Å²) in [5, 5.41) is 7.59. The first-order valence-electron chi connectivity index (χ1n) is 4.35. The fourth-order valence-corrected chi connectivity index (χ4v) is 1.65. The number of aromatic nitrogens is 3. The molecule has 0 aliphatic rings. The van der Waals surface area contributed by atoms with Gasteiger partial charge in [-0.3, -0.25) is 4.79 Å². The molecule has 0 bridgehead atoms. The number of rotatable bonds is 2. The molecule has 0 saturated carbocycles. The number of aldehydes is 1. The maximum Gasteiger partial charge on any atom is 0.171 e. The third kappa shape index (κ3) is 1.83. The van der Waals surface area contributed by atoms with Crippen LogP contribution in [0.2, 0.25) is 0 Å². The van der Waals surface area contributed by atoms with Crippen molar-refractivity contribution in [1.29, 1.82) is 0 Å². The maximum atomic E-state index is 10.5. The lowest BCUT2D eigenvalue weighted by atomic mass is 10.2. The first-order chi connectivity index (χ1) is 7.22. The molecule has 15 heavy (non-hydrogen) atoms. The highest BCUT2D eigenvalue weighted by molar-refractivity contribution is 9.10. The van der Waals surface area contributed by atoms with Crippen molar-refractivity contribution >= 4 is 22.2 Å². The van der Waals surface area contributed by atoms with Crippen LogP contribution in [0.3, 0.4) is 0 Å². The van der Waals surface area contributed by atoms with Gasteiger partial charge in [0.25, 0.3) is 0 Å². The van der Waals surface area contributed by atoms with Gasteiger partial charge in [0.05, 0.1) is 11.9 Å². The van der Waals surface area contributed by atoms with Crippen molar-refractivity contribution in [3.8, 4) is 5.69 Å². The van der Waals surface area contributed by atoms with Gasteiger partial charge in [-0.05, 0) is 24.6 Å². The second kappa shape index (κ2) is 3.94. The molecule has 1 heterocycles. The summed E-state index contributed by atoms with van der Waals surface area (Å²) in [7, 11) is 0. The van der Waals surface area contributed by atoms with E-state index in [1.165, 1.54) is 0 Å². The van der Waals surface area contributed by atoms with Crippen molar-refractivity contribution in [3.63, 3.8) is 0 Å². The number of carbonyl (C=O) groups is 1. The second-order valence-electron chi connectivity index (χ2n) is 3.09. The lowest BCUT2D eigenvalue weighted by Gasteiger charge is -2.05. The quantitative estimate of drug-likeness (QED) is 0.782. The van der Waals surface area contributed by atoms with Crippen molar-refractivity contribution in [3.05, 3.63) is 40.1 Å². The summed E-state index contributed by atoms with van der Waals surface area (Å²) in [4.78, 5) is 10.5. The van der Waals surface area contributed by atoms with E-state index in [4.69, 9.17) is 0 Å². The summed E-state index contributed by atoms with van der Waals surface area (Å²) < 4.78 is 2.59. The molecule has 0 amide bonds. The van der Waals surface area contributed by atoms with Crippen molar-refractivity contribution in [2.24, 2.45) is 0 Å². The molecule has 0 saturated heterocycles. The SMILES string of the molecule is Cc1c(Br)cccc1-n1cc(C=O)nn1. The number of halogens is 1. The molecular formula is C10H8BrN3O. The number of carbonyl (C=O) groups excluding carboxylic acids is 1. The number of hydrogen-bond donors (Lipinski definition) is 0. The van der Waals surface area contributed by atoms with E-state index < -0.39 is 0 Å². The van der Waals surface area contributed by atoms with Crippen LogP contribution in [0, 0.1) is 6.92 Å². The Morgan fingerprint density at radius 3 is 2.93 bits per heavy atom. The molecule has 2 rings (SSSR count). The predicted octanol–water partition coefficient (Wildman–Crippen LogP) is 2.15. The van der Waals surface area contributed by atoms with E-state index in [-0.39, 0.29) is 0 Å². The van der Waals surface area contributed by atoms with Crippen molar-refractivity contribution in [1.82, 2.24) is 15.0 Å². The smallest absolute Gasteiger partial charge is 0.171 e. The normalized spacial score (nSPS) is 10.3. The zero-order chi connectivity index (χ0) is 10.8. The van der Waals surface area contributed by atoms with Crippen molar-refractivity contribution in [2.45, 2.75) is 6.92 Å². The Balaban J connectivity index is 2.53. The van der Waals surface area contributed by atoms with Gasteiger partial charge in [0, 0.05) is 4.47 Å². The van der Waals surface area contributed by atoms with E-state index in [0.717, 1.165) is 15.7 Å². The zero-order valence-electron chi connectivity index (χ0n) is 8.01. The monoisotopic (exact) mass is 265 g/mol.